The van der Waals surface area contributed by atoms with Gasteiger partial charge in [0.2, 0.25) is 5.91 Å². The van der Waals surface area contributed by atoms with Crippen LogP contribution < -0.4 is 15.8 Å². The molecule has 0 atom stereocenters. The molecule has 0 fully saturated rings. The second kappa shape index (κ2) is 9.18. The normalized spacial score (nSPS) is 10.9. The highest BCUT2D eigenvalue weighted by Gasteiger charge is 2.29. The van der Waals surface area contributed by atoms with E-state index in [1.807, 2.05) is 0 Å². The summed E-state index contributed by atoms with van der Waals surface area (Å²) in [7, 11) is 0. The third kappa shape index (κ3) is 6.31. The molecule has 0 bridgehead atoms. The lowest BCUT2D eigenvalue weighted by Crippen LogP contribution is -2.51. The molecule has 0 aromatic heterocycles. The third-order valence-electron chi connectivity index (χ3n) is 4.04. The fraction of sp³-hybridized carbons (Fsp3) is 0.286. The summed E-state index contributed by atoms with van der Waals surface area (Å²) < 4.78 is 18.5. The van der Waals surface area contributed by atoms with Crippen molar-refractivity contribution in [2.45, 2.75) is 26.3 Å². The Morgan fingerprint density at radius 3 is 2.28 bits per heavy atom. The van der Waals surface area contributed by atoms with E-state index in [4.69, 9.17) is 10.5 Å². The van der Waals surface area contributed by atoms with Crippen LogP contribution in [0.5, 0.6) is 5.75 Å². The molecule has 154 valence electrons. The quantitative estimate of drug-likeness (QED) is 0.744. The average Bonchev–Trinajstić information content (AvgIpc) is 2.65. The Kier molecular flexibility index (Phi) is 6.93. The summed E-state index contributed by atoms with van der Waals surface area (Å²) in [6.45, 7) is 4.76. The van der Waals surface area contributed by atoms with Crippen LogP contribution in [0, 0.1) is 5.82 Å². The van der Waals surface area contributed by atoms with Gasteiger partial charge in [-0.05, 0) is 57.2 Å². The molecule has 0 saturated carbocycles. The second-order valence-corrected chi connectivity index (χ2v) is 7.35. The molecule has 0 heterocycles. The number of nitrogens with zero attached hydrogens (tertiary/aromatic N) is 1. The van der Waals surface area contributed by atoms with Crippen molar-refractivity contribution in [3.05, 3.63) is 59.9 Å². The van der Waals surface area contributed by atoms with E-state index in [2.05, 4.69) is 5.32 Å². The van der Waals surface area contributed by atoms with Gasteiger partial charge in [-0.3, -0.25) is 14.4 Å². The summed E-state index contributed by atoms with van der Waals surface area (Å²) >= 11 is 0. The number of anilines is 1. The minimum atomic E-state index is -0.667. The first-order valence-electron chi connectivity index (χ1n) is 8.95. The lowest BCUT2D eigenvalue weighted by Gasteiger charge is -2.35. The van der Waals surface area contributed by atoms with Gasteiger partial charge in [-0.1, -0.05) is 12.1 Å². The van der Waals surface area contributed by atoms with Crippen molar-refractivity contribution in [1.29, 1.82) is 0 Å². The Labute approximate surface area is 168 Å². The summed E-state index contributed by atoms with van der Waals surface area (Å²) in [6, 6.07) is 11.6. The van der Waals surface area contributed by atoms with Gasteiger partial charge < -0.3 is 20.7 Å². The second-order valence-electron chi connectivity index (χ2n) is 7.35. The summed E-state index contributed by atoms with van der Waals surface area (Å²) in [4.78, 5) is 37.9. The van der Waals surface area contributed by atoms with Crippen molar-refractivity contribution in [2.24, 2.45) is 5.73 Å². The summed E-state index contributed by atoms with van der Waals surface area (Å²) in [6.07, 6.45) is 0. The molecule has 2 aromatic rings. The molecule has 0 unspecified atom stereocenters. The van der Waals surface area contributed by atoms with E-state index in [1.165, 1.54) is 41.3 Å². The number of carbonyl (C=O) groups is 3. The van der Waals surface area contributed by atoms with E-state index < -0.39 is 29.1 Å². The first-order valence-corrected chi connectivity index (χ1v) is 8.95. The molecule has 0 radical (unpaired) electrons. The molecule has 2 aromatic carbocycles. The van der Waals surface area contributed by atoms with Crippen LogP contribution in [0.25, 0.3) is 0 Å². The highest BCUT2D eigenvalue weighted by Crippen LogP contribution is 2.19. The number of nitrogens with one attached hydrogen (secondary N) is 1. The summed E-state index contributed by atoms with van der Waals surface area (Å²) in [5.74, 6) is -1.76. The number of primary amides is 1. The molecule has 0 aliphatic heterocycles. The fourth-order valence-electron chi connectivity index (χ4n) is 2.59. The zero-order valence-electron chi connectivity index (χ0n) is 16.6. The number of amides is 3. The van der Waals surface area contributed by atoms with Crippen LogP contribution in [0.15, 0.2) is 48.5 Å². The van der Waals surface area contributed by atoms with Crippen LogP contribution in [-0.2, 0) is 9.59 Å². The molecule has 0 saturated heterocycles. The third-order valence-corrected chi connectivity index (χ3v) is 4.04. The predicted molar refractivity (Wildman–Crippen MR) is 107 cm³/mol. The lowest BCUT2D eigenvalue weighted by atomic mass is 10.1. The molecule has 8 heteroatoms. The molecule has 0 spiro atoms. The van der Waals surface area contributed by atoms with Crippen molar-refractivity contribution in [3.8, 4) is 5.75 Å². The van der Waals surface area contributed by atoms with Crippen LogP contribution in [-0.4, -0.2) is 41.3 Å². The van der Waals surface area contributed by atoms with Gasteiger partial charge in [0, 0.05) is 11.2 Å². The number of carbonyl (C=O) groups excluding carboxylic acids is 3. The molecule has 2 rings (SSSR count). The monoisotopic (exact) mass is 401 g/mol. The Balaban J connectivity index is 2.05. The Morgan fingerprint density at radius 1 is 1.07 bits per heavy atom. The van der Waals surface area contributed by atoms with Crippen LogP contribution in [0.2, 0.25) is 0 Å². The fourth-order valence-corrected chi connectivity index (χ4v) is 2.59. The Morgan fingerprint density at radius 2 is 1.69 bits per heavy atom. The van der Waals surface area contributed by atoms with Crippen molar-refractivity contribution >= 4 is 23.4 Å². The molecule has 3 N–H and O–H groups in total. The molecule has 0 aliphatic rings. The molecule has 3 amide bonds. The summed E-state index contributed by atoms with van der Waals surface area (Å²) in [5, 5.41) is 2.62. The minimum Gasteiger partial charge on any atom is -0.483 e. The van der Waals surface area contributed by atoms with Crippen LogP contribution >= 0.6 is 0 Å². The number of rotatable bonds is 7. The number of para-hydroxylation sites is 1. The van der Waals surface area contributed by atoms with Gasteiger partial charge in [0.15, 0.2) is 6.61 Å². The number of nitrogens with two attached hydrogens (primary N) is 1. The van der Waals surface area contributed by atoms with Crippen molar-refractivity contribution in [2.75, 3.05) is 18.5 Å². The average molecular weight is 401 g/mol. The van der Waals surface area contributed by atoms with E-state index in [0.717, 1.165) is 0 Å². The maximum atomic E-state index is 13.0. The zero-order valence-corrected chi connectivity index (χ0v) is 16.6. The van der Waals surface area contributed by atoms with Crippen molar-refractivity contribution < 1.29 is 23.5 Å². The molecule has 0 aliphatic carbocycles. The van der Waals surface area contributed by atoms with Gasteiger partial charge >= 0.3 is 0 Å². The van der Waals surface area contributed by atoms with E-state index in [0.29, 0.717) is 5.69 Å². The molecule has 7 nitrogen and oxygen atoms in total. The highest BCUT2D eigenvalue weighted by molar-refractivity contribution is 5.96. The van der Waals surface area contributed by atoms with Gasteiger partial charge in [0.25, 0.3) is 11.8 Å². The first-order chi connectivity index (χ1) is 13.6. The van der Waals surface area contributed by atoms with E-state index >= 15 is 0 Å². The Hall–Kier alpha value is -3.42. The number of benzene rings is 2. The predicted octanol–water partition coefficient (Wildman–Crippen LogP) is 2.57. The van der Waals surface area contributed by atoms with Gasteiger partial charge in [-0.25, -0.2) is 4.39 Å². The van der Waals surface area contributed by atoms with Crippen molar-refractivity contribution in [1.82, 2.24) is 4.90 Å². The number of hydrogen-bond donors (Lipinski definition) is 2. The van der Waals surface area contributed by atoms with E-state index in [1.54, 1.807) is 32.9 Å². The lowest BCUT2D eigenvalue weighted by molar-refractivity contribution is -0.141. The standard InChI is InChI=1S/C21H24FN3O4/c1-21(2,3)25(12-18(26)24-15-10-8-14(22)9-11-15)19(27)13-29-17-7-5-4-6-16(17)20(23)28/h4-11H,12-13H2,1-3H3,(H2,23,28)(H,24,26). The highest BCUT2D eigenvalue weighted by atomic mass is 19.1. The largest absolute Gasteiger partial charge is 0.483 e. The topological polar surface area (TPSA) is 102 Å². The smallest absolute Gasteiger partial charge is 0.261 e. The summed E-state index contributed by atoms with van der Waals surface area (Å²) in [5.41, 5.74) is 5.23. The van der Waals surface area contributed by atoms with Gasteiger partial charge in [0.1, 0.15) is 18.1 Å². The van der Waals surface area contributed by atoms with Gasteiger partial charge in [0.05, 0.1) is 5.56 Å². The number of hydrogen-bond acceptors (Lipinski definition) is 4. The van der Waals surface area contributed by atoms with Crippen LogP contribution in [0.4, 0.5) is 10.1 Å². The van der Waals surface area contributed by atoms with E-state index in [-0.39, 0.29) is 24.5 Å². The number of halogens is 1. The van der Waals surface area contributed by atoms with Gasteiger partial charge in [-0.2, -0.15) is 0 Å². The Bertz CT molecular complexity index is 892. The maximum absolute atomic E-state index is 13.0. The van der Waals surface area contributed by atoms with E-state index in [9.17, 15) is 18.8 Å². The number of ether oxygens (including phenoxy) is 1. The SMILES string of the molecule is CC(C)(C)N(CC(=O)Nc1ccc(F)cc1)C(=O)COc1ccccc1C(N)=O. The molecule has 29 heavy (non-hydrogen) atoms. The molecular formula is C21H24FN3O4. The first kappa shape index (κ1) is 21.9. The van der Waals surface area contributed by atoms with Crippen LogP contribution in [0.3, 0.4) is 0 Å². The maximum Gasteiger partial charge on any atom is 0.261 e. The van der Waals surface area contributed by atoms with Crippen LogP contribution in [0.1, 0.15) is 31.1 Å². The minimum absolute atomic E-state index is 0.164. The zero-order chi connectivity index (χ0) is 21.6. The van der Waals surface area contributed by atoms with Gasteiger partial charge in [-0.15, -0.1) is 0 Å². The molecular weight excluding hydrogens is 377 g/mol. The van der Waals surface area contributed by atoms with Crippen molar-refractivity contribution in [3.63, 3.8) is 0 Å².